The molecule has 0 spiro atoms. The van der Waals surface area contributed by atoms with Gasteiger partial charge in [0, 0.05) is 24.7 Å². The van der Waals surface area contributed by atoms with E-state index in [1.54, 1.807) is 12.5 Å². The van der Waals surface area contributed by atoms with Crippen LogP contribution in [0.4, 0.5) is 0 Å². The van der Waals surface area contributed by atoms with Crippen LogP contribution in [0.3, 0.4) is 0 Å². The van der Waals surface area contributed by atoms with Crippen molar-refractivity contribution in [3.63, 3.8) is 0 Å². The van der Waals surface area contributed by atoms with Crippen molar-refractivity contribution in [1.29, 1.82) is 5.26 Å². The van der Waals surface area contributed by atoms with E-state index in [9.17, 15) is 9.47 Å². The lowest BCUT2D eigenvalue weighted by atomic mass is 10.1. The fourth-order valence-electron chi connectivity index (χ4n) is 2.33. The fourth-order valence-corrected chi connectivity index (χ4v) is 3.28. The quantitative estimate of drug-likeness (QED) is 0.633. The summed E-state index contributed by atoms with van der Waals surface area (Å²) in [6.07, 6.45) is 6.09. The SMILES string of the molecule is CS(C)(=O)=C(C#N)c1ccccc1CO[C@H]1CCCCO1. The molecule has 0 unspecified atom stereocenters. The van der Waals surface area contributed by atoms with Crippen LogP contribution in [0.1, 0.15) is 30.4 Å². The Bertz CT molecular complexity index is 640. The Labute approximate surface area is 126 Å². The summed E-state index contributed by atoms with van der Waals surface area (Å²) in [4.78, 5) is 0.325. The van der Waals surface area contributed by atoms with Crippen molar-refractivity contribution < 1.29 is 13.7 Å². The minimum Gasteiger partial charge on any atom is -0.353 e. The van der Waals surface area contributed by atoms with E-state index in [2.05, 4.69) is 6.07 Å². The first kappa shape index (κ1) is 16.0. The van der Waals surface area contributed by atoms with Gasteiger partial charge in [0.2, 0.25) is 0 Å². The molecule has 2 rings (SSSR count). The third-order valence-electron chi connectivity index (χ3n) is 3.42. The maximum atomic E-state index is 12.3. The van der Waals surface area contributed by atoms with Crippen molar-refractivity contribution in [2.24, 2.45) is 0 Å². The molecule has 1 fully saturated rings. The standard InChI is InChI=1S/C16H21NO3S/c1-21(2,18)15(11-17)14-8-4-3-7-13(14)12-20-16-9-5-6-10-19-16/h3-4,7-8,16H,5-6,9-10,12H2,1-2H3/t16-/m0/s1. The van der Waals surface area contributed by atoms with Gasteiger partial charge in [0.15, 0.2) is 6.29 Å². The van der Waals surface area contributed by atoms with Crippen molar-refractivity contribution in [1.82, 2.24) is 0 Å². The van der Waals surface area contributed by atoms with E-state index >= 15 is 0 Å². The zero-order chi connectivity index (χ0) is 15.3. The Balaban J connectivity index is 2.22. The first-order chi connectivity index (χ1) is 10.0. The monoisotopic (exact) mass is 307 g/mol. The lowest BCUT2D eigenvalue weighted by molar-refractivity contribution is -0.168. The molecule has 1 aliphatic heterocycles. The average molecular weight is 307 g/mol. The summed E-state index contributed by atoms with van der Waals surface area (Å²) in [6, 6.07) is 9.56. The van der Waals surface area contributed by atoms with Crippen LogP contribution >= 0.6 is 0 Å². The summed E-state index contributed by atoms with van der Waals surface area (Å²) in [5, 5.41) is 9.32. The molecule has 1 aromatic rings. The van der Waals surface area contributed by atoms with Crippen LogP contribution in [0.15, 0.2) is 24.3 Å². The fraction of sp³-hybridized carbons (Fsp3) is 0.500. The second kappa shape index (κ2) is 7.08. The van der Waals surface area contributed by atoms with E-state index in [1.165, 1.54) is 0 Å². The van der Waals surface area contributed by atoms with Crippen LogP contribution < -0.4 is 0 Å². The number of ether oxygens (including phenoxy) is 2. The first-order valence-electron chi connectivity index (χ1n) is 7.05. The van der Waals surface area contributed by atoms with E-state index < -0.39 is 9.52 Å². The lowest BCUT2D eigenvalue weighted by Gasteiger charge is -2.23. The Hall–Kier alpha value is -1.35. The van der Waals surface area contributed by atoms with Gasteiger partial charge in [0.1, 0.15) is 10.9 Å². The molecule has 0 N–H and O–H groups in total. The highest BCUT2D eigenvalue weighted by Gasteiger charge is 2.17. The molecule has 0 saturated carbocycles. The third kappa shape index (κ3) is 4.31. The summed E-state index contributed by atoms with van der Waals surface area (Å²) < 4.78 is 23.6. The van der Waals surface area contributed by atoms with Crippen LogP contribution in [0.5, 0.6) is 0 Å². The topological polar surface area (TPSA) is 59.3 Å². The van der Waals surface area contributed by atoms with Crippen molar-refractivity contribution in [3.8, 4) is 6.07 Å². The van der Waals surface area contributed by atoms with Gasteiger partial charge in [-0.1, -0.05) is 24.3 Å². The van der Waals surface area contributed by atoms with Crippen molar-refractivity contribution in [3.05, 3.63) is 35.4 Å². The van der Waals surface area contributed by atoms with Crippen molar-refractivity contribution in [2.75, 3.05) is 19.1 Å². The molecule has 1 saturated heterocycles. The minimum absolute atomic E-state index is 0.176. The van der Waals surface area contributed by atoms with Crippen LogP contribution in [-0.4, -0.2) is 34.5 Å². The molecule has 0 aromatic heterocycles. The Morgan fingerprint density at radius 1 is 1.43 bits per heavy atom. The maximum Gasteiger partial charge on any atom is 0.158 e. The smallest absolute Gasteiger partial charge is 0.158 e. The zero-order valence-corrected chi connectivity index (χ0v) is 13.3. The van der Waals surface area contributed by atoms with Gasteiger partial charge in [-0.2, -0.15) is 5.26 Å². The van der Waals surface area contributed by atoms with E-state index in [1.807, 2.05) is 24.3 Å². The van der Waals surface area contributed by atoms with Gasteiger partial charge >= 0.3 is 0 Å². The van der Waals surface area contributed by atoms with E-state index in [0.717, 1.165) is 31.4 Å². The second-order valence-electron chi connectivity index (χ2n) is 5.44. The number of benzene rings is 1. The average Bonchev–Trinajstić information content (AvgIpc) is 2.46. The molecule has 0 bridgehead atoms. The highest BCUT2D eigenvalue weighted by molar-refractivity contribution is 8.01. The molecule has 1 heterocycles. The number of hydrogen-bond acceptors (Lipinski definition) is 4. The van der Waals surface area contributed by atoms with Crippen molar-refractivity contribution in [2.45, 2.75) is 32.2 Å². The number of rotatable bonds is 4. The largest absolute Gasteiger partial charge is 0.353 e. The Morgan fingerprint density at radius 2 is 2.19 bits per heavy atom. The van der Waals surface area contributed by atoms with Gasteiger partial charge in [0.05, 0.1) is 6.61 Å². The molecule has 0 aliphatic carbocycles. The van der Waals surface area contributed by atoms with Gasteiger partial charge in [-0.05, 0) is 34.3 Å². The molecular formula is C16H21NO3S. The Morgan fingerprint density at radius 3 is 2.81 bits per heavy atom. The van der Waals surface area contributed by atoms with Crippen LogP contribution in [-0.2, 0) is 25.6 Å². The third-order valence-corrected chi connectivity index (χ3v) is 4.71. The summed E-state index contributed by atoms with van der Waals surface area (Å²) in [7, 11) is -2.31. The van der Waals surface area contributed by atoms with Crippen LogP contribution in [0, 0.1) is 11.3 Å². The molecule has 0 amide bonds. The second-order valence-corrected chi connectivity index (χ2v) is 8.31. The maximum absolute atomic E-state index is 12.3. The first-order valence-corrected chi connectivity index (χ1v) is 9.42. The summed E-state index contributed by atoms with van der Waals surface area (Å²) in [6.45, 7) is 1.10. The number of hydrogen-bond donors (Lipinski definition) is 0. The van der Waals surface area contributed by atoms with Crippen molar-refractivity contribution >= 4 is 14.4 Å². The lowest BCUT2D eigenvalue weighted by Crippen LogP contribution is -2.22. The summed E-state index contributed by atoms with van der Waals surface area (Å²) >= 11 is 0. The molecule has 1 aliphatic rings. The summed E-state index contributed by atoms with van der Waals surface area (Å²) in [5.74, 6) is 0. The molecule has 0 radical (unpaired) electrons. The van der Waals surface area contributed by atoms with E-state index in [-0.39, 0.29) is 6.29 Å². The molecule has 114 valence electrons. The molecular weight excluding hydrogens is 286 g/mol. The predicted molar refractivity (Wildman–Crippen MR) is 84.5 cm³/mol. The number of nitriles is 1. The van der Waals surface area contributed by atoms with Gasteiger partial charge in [-0.15, -0.1) is 0 Å². The molecule has 21 heavy (non-hydrogen) atoms. The van der Waals surface area contributed by atoms with Crippen LogP contribution in [0.2, 0.25) is 0 Å². The van der Waals surface area contributed by atoms with Crippen LogP contribution in [0.25, 0.3) is 0 Å². The van der Waals surface area contributed by atoms with E-state index in [0.29, 0.717) is 17.0 Å². The summed E-state index contributed by atoms with van der Waals surface area (Å²) in [5.41, 5.74) is 1.59. The van der Waals surface area contributed by atoms with Gasteiger partial charge < -0.3 is 9.47 Å². The minimum atomic E-state index is -2.31. The normalized spacial score (nSPS) is 19.0. The molecule has 1 atom stereocenters. The van der Waals surface area contributed by atoms with Gasteiger partial charge in [-0.3, -0.25) is 4.21 Å². The number of nitrogens with zero attached hydrogens (tertiary/aromatic N) is 1. The molecule has 4 nitrogen and oxygen atoms in total. The highest BCUT2D eigenvalue weighted by Crippen LogP contribution is 2.18. The highest BCUT2D eigenvalue weighted by atomic mass is 32.2. The Kier molecular flexibility index (Phi) is 5.40. The predicted octanol–water partition coefficient (Wildman–Crippen LogP) is 2.32. The zero-order valence-electron chi connectivity index (χ0n) is 12.5. The van der Waals surface area contributed by atoms with Gasteiger partial charge in [0.25, 0.3) is 0 Å². The molecule has 5 heteroatoms. The van der Waals surface area contributed by atoms with Gasteiger partial charge in [-0.25, -0.2) is 0 Å². The van der Waals surface area contributed by atoms with E-state index in [4.69, 9.17) is 9.47 Å². The molecule has 1 aromatic carbocycles.